The third-order valence-corrected chi connectivity index (χ3v) is 3.50. The Hall–Kier alpha value is -1.68. The molecule has 0 aliphatic heterocycles. The van der Waals surface area contributed by atoms with Gasteiger partial charge in [-0.15, -0.1) is 0 Å². The zero-order valence-corrected chi connectivity index (χ0v) is 12.1. The maximum Gasteiger partial charge on any atom is 0.194 e. The Kier molecular flexibility index (Phi) is 4.00. The lowest BCUT2D eigenvalue weighted by atomic mass is 10.0. The molecule has 0 heterocycles. The molecule has 4 heteroatoms. The Morgan fingerprint density at radius 1 is 1.21 bits per heavy atom. The van der Waals surface area contributed by atoms with E-state index in [-0.39, 0.29) is 11.6 Å². The third kappa shape index (κ3) is 2.84. The van der Waals surface area contributed by atoms with Gasteiger partial charge in [0.05, 0.1) is 7.11 Å². The van der Waals surface area contributed by atoms with Gasteiger partial charge in [-0.2, -0.15) is 0 Å². The highest BCUT2D eigenvalue weighted by Gasteiger charge is 2.14. The molecule has 2 rings (SSSR count). The molecule has 0 aliphatic rings. The van der Waals surface area contributed by atoms with E-state index in [4.69, 9.17) is 4.74 Å². The highest BCUT2D eigenvalue weighted by atomic mass is 79.9. The van der Waals surface area contributed by atoms with Gasteiger partial charge in [0.25, 0.3) is 0 Å². The number of ether oxygens (including phenoxy) is 1. The second-order valence-corrected chi connectivity index (χ2v) is 4.99. The first kappa shape index (κ1) is 13.7. The van der Waals surface area contributed by atoms with Crippen molar-refractivity contribution in [3.63, 3.8) is 0 Å². The van der Waals surface area contributed by atoms with E-state index in [1.807, 2.05) is 0 Å². The number of aryl methyl sites for hydroxylation is 1. The summed E-state index contributed by atoms with van der Waals surface area (Å²) in [6, 6.07) is 9.47. The minimum Gasteiger partial charge on any atom is -0.497 e. The SMILES string of the molecule is COc1ccc(C(=O)c2ccc(F)c(C)c2)c(Br)c1. The number of hydrogen-bond acceptors (Lipinski definition) is 2. The zero-order chi connectivity index (χ0) is 14.0. The molecule has 0 unspecified atom stereocenters. The lowest BCUT2D eigenvalue weighted by Crippen LogP contribution is -2.03. The maximum atomic E-state index is 13.2. The van der Waals surface area contributed by atoms with Gasteiger partial charge in [-0.25, -0.2) is 4.39 Å². The van der Waals surface area contributed by atoms with Crippen LogP contribution in [0.1, 0.15) is 21.5 Å². The second-order valence-electron chi connectivity index (χ2n) is 4.14. The summed E-state index contributed by atoms with van der Waals surface area (Å²) in [6.45, 7) is 1.63. The first-order valence-electron chi connectivity index (χ1n) is 5.67. The Balaban J connectivity index is 2.41. The van der Waals surface area contributed by atoms with E-state index in [2.05, 4.69) is 15.9 Å². The zero-order valence-electron chi connectivity index (χ0n) is 10.5. The van der Waals surface area contributed by atoms with Gasteiger partial charge in [-0.1, -0.05) is 0 Å². The smallest absolute Gasteiger partial charge is 0.194 e. The molecule has 0 aromatic heterocycles. The molecule has 0 saturated heterocycles. The highest BCUT2D eigenvalue weighted by molar-refractivity contribution is 9.10. The quantitative estimate of drug-likeness (QED) is 0.794. The fourth-order valence-electron chi connectivity index (χ4n) is 1.75. The molecule has 98 valence electrons. The van der Waals surface area contributed by atoms with Gasteiger partial charge in [-0.05, 0) is 64.8 Å². The van der Waals surface area contributed by atoms with Crippen molar-refractivity contribution in [2.45, 2.75) is 6.92 Å². The molecular formula is C15H12BrFO2. The summed E-state index contributed by atoms with van der Waals surface area (Å²) in [5.41, 5.74) is 1.44. The highest BCUT2D eigenvalue weighted by Crippen LogP contribution is 2.25. The topological polar surface area (TPSA) is 26.3 Å². The van der Waals surface area contributed by atoms with E-state index >= 15 is 0 Å². The fourth-order valence-corrected chi connectivity index (χ4v) is 2.29. The van der Waals surface area contributed by atoms with Crippen LogP contribution in [0, 0.1) is 12.7 Å². The summed E-state index contributed by atoms with van der Waals surface area (Å²) >= 11 is 3.34. The predicted octanol–water partition coefficient (Wildman–Crippen LogP) is 4.14. The molecule has 2 nitrogen and oxygen atoms in total. The number of methoxy groups -OCH3 is 1. The van der Waals surface area contributed by atoms with Crippen LogP contribution in [-0.2, 0) is 0 Å². The molecule has 2 aromatic carbocycles. The predicted molar refractivity (Wildman–Crippen MR) is 75.3 cm³/mol. The Bertz CT molecular complexity index is 638. The van der Waals surface area contributed by atoms with Gasteiger partial charge >= 0.3 is 0 Å². The Labute approximate surface area is 119 Å². The average molecular weight is 323 g/mol. The summed E-state index contributed by atoms with van der Waals surface area (Å²) in [4.78, 5) is 12.3. The van der Waals surface area contributed by atoms with E-state index in [0.717, 1.165) is 0 Å². The lowest BCUT2D eigenvalue weighted by molar-refractivity contribution is 0.103. The van der Waals surface area contributed by atoms with E-state index in [1.165, 1.54) is 12.1 Å². The fraction of sp³-hybridized carbons (Fsp3) is 0.133. The van der Waals surface area contributed by atoms with Crippen molar-refractivity contribution in [2.75, 3.05) is 7.11 Å². The summed E-state index contributed by atoms with van der Waals surface area (Å²) in [5.74, 6) is 0.196. The number of rotatable bonds is 3. The van der Waals surface area contributed by atoms with E-state index in [9.17, 15) is 9.18 Å². The van der Waals surface area contributed by atoms with E-state index in [0.29, 0.717) is 26.9 Å². The summed E-state index contributed by atoms with van der Waals surface area (Å²) in [7, 11) is 1.56. The molecule has 0 aliphatic carbocycles. The van der Waals surface area contributed by atoms with Crippen molar-refractivity contribution in [1.29, 1.82) is 0 Å². The van der Waals surface area contributed by atoms with Gasteiger partial charge in [-0.3, -0.25) is 4.79 Å². The Morgan fingerprint density at radius 2 is 1.95 bits per heavy atom. The molecule has 0 radical (unpaired) electrons. The van der Waals surface area contributed by atoms with Crippen LogP contribution in [-0.4, -0.2) is 12.9 Å². The average Bonchev–Trinajstić information content (AvgIpc) is 2.41. The van der Waals surface area contributed by atoms with Crippen molar-refractivity contribution in [1.82, 2.24) is 0 Å². The summed E-state index contributed by atoms with van der Waals surface area (Å²) in [5, 5.41) is 0. The monoisotopic (exact) mass is 322 g/mol. The van der Waals surface area contributed by atoms with Crippen LogP contribution < -0.4 is 4.74 Å². The molecule has 0 fully saturated rings. The van der Waals surface area contributed by atoms with Crippen LogP contribution >= 0.6 is 15.9 Å². The van der Waals surface area contributed by atoms with Crippen molar-refractivity contribution in [2.24, 2.45) is 0 Å². The largest absolute Gasteiger partial charge is 0.497 e. The van der Waals surface area contributed by atoms with Crippen molar-refractivity contribution >= 4 is 21.7 Å². The van der Waals surface area contributed by atoms with Crippen LogP contribution in [0.15, 0.2) is 40.9 Å². The van der Waals surface area contributed by atoms with Gasteiger partial charge in [0.2, 0.25) is 0 Å². The van der Waals surface area contributed by atoms with Gasteiger partial charge in [0, 0.05) is 15.6 Å². The standard InChI is InChI=1S/C15H12BrFO2/c1-9-7-10(3-6-14(9)17)15(18)12-5-4-11(19-2)8-13(12)16/h3-8H,1-2H3. The first-order chi connectivity index (χ1) is 9.02. The lowest BCUT2D eigenvalue weighted by Gasteiger charge is -2.07. The van der Waals surface area contributed by atoms with Crippen LogP contribution in [0.2, 0.25) is 0 Å². The van der Waals surface area contributed by atoms with Crippen LogP contribution in [0.3, 0.4) is 0 Å². The van der Waals surface area contributed by atoms with Gasteiger partial charge in [0.1, 0.15) is 11.6 Å². The molecule has 0 amide bonds. The van der Waals surface area contributed by atoms with E-state index in [1.54, 1.807) is 38.3 Å². The normalized spacial score (nSPS) is 10.3. The molecule has 0 N–H and O–H groups in total. The molecular weight excluding hydrogens is 311 g/mol. The summed E-state index contributed by atoms with van der Waals surface area (Å²) in [6.07, 6.45) is 0. The molecule has 0 saturated carbocycles. The molecule has 0 spiro atoms. The van der Waals surface area contributed by atoms with Crippen LogP contribution in [0.5, 0.6) is 5.75 Å². The van der Waals surface area contributed by atoms with Crippen molar-refractivity contribution in [3.8, 4) is 5.75 Å². The number of carbonyl (C=O) groups excluding carboxylic acids is 1. The molecule has 0 bridgehead atoms. The molecule has 19 heavy (non-hydrogen) atoms. The minimum absolute atomic E-state index is 0.155. The van der Waals surface area contributed by atoms with Crippen LogP contribution in [0.4, 0.5) is 4.39 Å². The van der Waals surface area contributed by atoms with Crippen LogP contribution in [0.25, 0.3) is 0 Å². The molecule has 2 aromatic rings. The van der Waals surface area contributed by atoms with Crippen molar-refractivity contribution < 1.29 is 13.9 Å². The van der Waals surface area contributed by atoms with Gasteiger partial charge < -0.3 is 4.74 Å². The second kappa shape index (κ2) is 5.53. The Morgan fingerprint density at radius 3 is 2.53 bits per heavy atom. The minimum atomic E-state index is -0.314. The number of halogens is 2. The summed E-state index contributed by atoms with van der Waals surface area (Å²) < 4.78 is 18.9. The van der Waals surface area contributed by atoms with Gasteiger partial charge in [0.15, 0.2) is 5.78 Å². The number of carbonyl (C=O) groups is 1. The van der Waals surface area contributed by atoms with E-state index < -0.39 is 0 Å². The first-order valence-corrected chi connectivity index (χ1v) is 6.46. The maximum absolute atomic E-state index is 13.2. The van der Waals surface area contributed by atoms with Crippen molar-refractivity contribution in [3.05, 3.63) is 63.4 Å². The number of ketones is 1. The molecule has 0 atom stereocenters. The number of benzene rings is 2. The third-order valence-electron chi connectivity index (χ3n) is 2.84. The number of hydrogen-bond donors (Lipinski definition) is 0.